The molecule has 0 bridgehead atoms. The zero-order chi connectivity index (χ0) is 70.7. The van der Waals surface area contributed by atoms with Gasteiger partial charge in [0.2, 0.25) is 17.8 Å². The Hall–Kier alpha value is -14.2. The third kappa shape index (κ3) is 9.08. The van der Waals surface area contributed by atoms with E-state index < -0.39 is 0 Å². The largest absolute Gasteiger partial charge is 0.454 e. The monoisotopic (exact) mass is 1420 g/mol. The molecule has 10 heterocycles. The van der Waals surface area contributed by atoms with E-state index in [1.807, 2.05) is 60.9 Å². The first kappa shape index (κ1) is 60.3. The molecular formula is C94H53N11OS2. The van der Waals surface area contributed by atoms with Crippen molar-refractivity contribution in [1.82, 2.24) is 53.6 Å². The second kappa shape index (κ2) is 23.7. The summed E-state index contributed by atoms with van der Waals surface area (Å²) in [4.78, 5) is 43.5. The van der Waals surface area contributed by atoms with Crippen LogP contribution in [-0.2, 0) is 0 Å². The van der Waals surface area contributed by atoms with Crippen molar-refractivity contribution in [1.29, 1.82) is 0 Å². The van der Waals surface area contributed by atoms with Crippen LogP contribution in [0.2, 0.25) is 0 Å². The first-order valence-electron chi connectivity index (χ1n) is 35.9. The Morgan fingerprint density at radius 3 is 1.24 bits per heavy atom. The van der Waals surface area contributed by atoms with E-state index in [0.29, 0.717) is 29.5 Å². The van der Waals surface area contributed by atoms with E-state index in [1.165, 1.54) is 4.70 Å². The summed E-state index contributed by atoms with van der Waals surface area (Å²) in [6, 6.07) is 108. The molecule has 0 radical (unpaired) electrons. The minimum absolute atomic E-state index is 0.511. The third-order valence-corrected chi connectivity index (χ3v) is 23.6. The summed E-state index contributed by atoms with van der Waals surface area (Å²) >= 11 is 3.56. The summed E-state index contributed by atoms with van der Waals surface area (Å²) in [6.07, 6.45) is 3.85. The fourth-order valence-electron chi connectivity index (χ4n) is 16.6. The summed E-state index contributed by atoms with van der Waals surface area (Å²) in [7, 11) is 0. The number of fused-ring (bicyclic) bond motifs is 24. The number of thiophene rings is 2. The highest BCUT2D eigenvalue weighted by molar-refractivity contribution is 7.27. The number of pyridine rings is 1. The van der Waals surface area contributed by atoms with E-state index in [-0.39, 0.29) is 0 Å². The zero-order valence-corrected chi connectivity index (χ0v) is 58.9. The van der Waals surface area contributed by atoms with Crippen LogP contribution in [0, 0.1) is 0 Å². The summed E-state index contributed by atoms with van der Waals surface area (Å²) in [5.41, 5.74) is 17.9. The lowest BCUT2D eigenvalue weighted by atomic mass is 9.98. The Morgan fingerprint density at radius 1 is 0.259 bits per heavy atom. The van der Waals surface area contributed by atoms with Gasteiger partial charge in [-0.3, -0.25) is 18.7 Å². The number of para-hydroxylation sites is 3. The number of nitrogens with zero attached hydrogens (tertiary/aromatic N) is 11. The van der Waals surface area contributed by atoms with E-state index in [0.717, 1.165) is 190 Å². The SMILES string of the molecule is c1ccc(-c2cc(-c3ccccc3)nc(-n3c4cnccc4c4c5c6ccccc6sc5c5oc6c(-c7cccc(-c8cc(-c9ccccc9)nc(-n9c%10ccccc%10c%10c%11c%12ccccc%12sc%11c%11c(c%12ccccc%12n%11-c%11nc(-c%12ccccc%12)nc(-c%12ccccc%12)n%11)c%109)n8)c7)cccc6c5c43)n2)cc1. The van der Waals surface area contributed by atoms with Gasteiger partial charge >= 0.3 is 0 Å². The van der Waals surface area contributed by atoms with Gasteiger partial charge in [0.15, 0.2) is 17.2 Å². The van der Waals surface area contributed by atoms with Crippen LogP contribution in [0.1, 0.15) is 0 Å². The minimum atomic E-state index is 0.511. The molecule has 108 heavy (non-hydrogen) atoms. The Bertz CT molecular complexity index is 7560. The maximum Gasteiger partial charge on any atom is 0.238 e. The first-order valence-corrected chi connectivity index (χ1v) is 37.5. The maximum absolute atomic E-state index is 7.63. The van der Waals surface area contributed by atoms with Crippen LogP contribution in [0.5, 0.6) is 0 Å². The van der Waals surface area contributed by atoms with Crippen molar-refractivity contribution in [3.8, 4) is 96.8 Å². The molecule has 13 aromatic carbocycles. The molecule has 0 fully saturated rings. The highest BCUT2D eigenvalue weighted by atomic mass is 32.1. The molecule has 0 spiro atoms. The molecule has 0 atom stereocenters. The normalized spacial score (nSPS) is 12.1. The number of rotatable bonds is 10. The molecule has 12 nitrogen and oxygen atoms in total. The summed E-state index contributed by atoms with van der Waals surface area (Å²) in [5.74, 6) is 2.71. The first-order chi connectivity index (χ1) is 53.6. The fraction of sp³-hybridized carbons (Fsp3) is 0. The van der Waals surface area contributed by atoms with Gasteiger partial charge in [0.25, 0.3) is 0 Å². The summed E-state index contributed by atoms with van der Waals surface area (Å²) in [5, 5.41) is 12.9. The molecule has 0 unspecified atom stereocenters. The van der Waals surface area contributed by atoms with Gasteiger partial charge in [-0.15, -0.1) is 22.7 Å². The molecule has 0 saturated carbocycles. The number of hydrogen-bond donors (Lipinski definition) is 0. The van der Waals surface area contributed by atoms with Gasteiger partial charge in [0, 0.05) is 114 Å². The molecule has 0 N–H and O–H groups in total. The lowest BCUT2D eigenvalue weighted by molar-refractivity contribution is 0.674. The molecule has 0 amide bonds. The van der Waals surface area contributed by atoms with E-state index in [1.54, 1.807) is 22.7 Å². The van der Waals surface area contributed by atoms with Gasteiger partial charge in [-0.1, -0.05) is 261 Å². The maximum atomic E-state index is 7.63. The molecule has 10 aromatic heterocycles. The highest BCUT2D eigenvalue weighted by Gasteiger charge is 2.32. The van der Waals surface area contributed by atoms with Gasteiger partial charge in [0.1, 0.15) is 5.58 Å². The zero-order valence-electron chi connectivity index (χ0n) is 57.2. The van der Waals surface area contributed by atoms with Crippen molar-refractivity contribution in [2.45, 2.75) is 0 Å². The lowest BCUT2D eigenvalue weighted by Crippen LogP contribution is -2.06. The standard InChI is InChI=1S/C94H53N11OS2/c1-6-26-54(27-7-1)68-51-69(55-28-8-2-9-29-55)98-93(97-68)105-74-53-95-49-48-64(74)78-80-66-41-19-23-47-76(66)108-89(80)87-82(84(78)105)67-43-25-42-61(86(67)106-87)59-36-24-37-60(50-59)71-52-70(56-30-10-3-11-31-56)96-92(99-71)103-72-44-20-16-38-62(72)77-79-65-40-18-22-46-75(65)107-88(79)85-81(83(77)103)63-39-17-21-45-73(63)104(85)94-101-90(57-32-12-4-13-33-57)100-91(102-94)58-34-14-5-15-35-58/h1-53H. The average molecular weight is 1420 g/mol. The quantitative estimate of drug-likeness (QED) is 0.131. The average Bonchev–Trinajstić information content (AvgIpc) is 1.52. The second-order valence-electron chi connectivity index (χ2n) is 27.3. The highest BCUT2D eigenvalue weighted by Crippen LogP contribution is 2.54. The van der Waals surface area contributed by atoms with Gasteiger partial charge in [0.05, 0.1) is 76.9 Å². The van der Waals surface area contributed by atoms with Crippen molar-refractivity contribution >= 4 is 150 Å². The number of furan rings is 1. The number of hydrogen-bond acceptors (Lipinski definition) is 11. The van der Waals surface area contributed by atoms with Crippen molar-refractivity contribution in [3.05, 3.63) is 322 Å². The number of benzene rings is 13. The third-order valence-electron chi connectivity index (χ3n) is 21.2. The van der Waals surface area contributed by atoms with Gasteiger partial charge in [-0.05, 0) is 54.1 Å². The Labute approximate surface area is 622 Å². The molecule has 0 saturated heterocycles. The van der Waals surface area contributed by atoms with Crippen LogP contribution >= 0.6 is 22.7 Å². The van der Waals surface area contributed by atoms with Gasteiger partial charge < -0.3 is 4.42 Å². The van der Waals surface area contributed by atoms with Crippen LogP contribution in [0.15, 0.2) is 326 Å². The van der Waals surface area contributed by atoms with Crippen molar-refractivity contribution in [2.75, 3.05) is 0 Å². The molecular weight excluding hydrogens is 1360 g/mol. The molecule has 0 aliphatic rings. The molecule has 14 heteroatoms. The van der Waals surface area contributed by atoms with Crippen molar-refractivity contribution in [2.24, 2.45) is 0 Å². The minimum Gasteiger partial charge on any atom is -0.454 e. The predicted octanol–water partition coefficient (Wildman–Crippen LogP) is 24.4. The van der Waals surface area contributed by atoms with E-state index in [4.69, 9.17) is 44.3 Å². The molecule has 23 aromatic rings. The van der Waals surface area contributed by atoms with Gasteiger partial charge in [-0.25, -0.2) is 24.9 Å². The van der Waals surface area contributed by atoms with E-state index >= 15 is 0 Å². The van der Waals surface area contributed by atoms with Crippen LogP contribution in [0.25, 0.3) is 224 Å². The fourth-order valence-corrected chi connectivity index (χ4v) is 19.0. The van der Waals surface area contributed by atoms with Crippen LogP contribution < -0.4 is 0 Å². The topological polar surface area (TPSA) is 131 Å². The number of aromatic nitrogens is 11. The van der Waals surface area contributed by atoms with Crippen molar-refractivity contribution < 1.29 is 4.42 Å². The van der Waals surface area contributed by atoms with Gasteiger partial charge in [-0.2, -0.15) is 9.97 Å². The second-order valence-corrected chi connectivity index (χ2v) is 29.4. The Kier molecular flexibility index (Phi) is 13.2. The van der Waals surface area contributed by atoms with E-state index in [2.05, 4.69) is 275 Å². The predicted molar refractivity (Wildman–Crippen MR) is 443 cm³/mol. The van der Waals surface area contributed by atoms with Crippen LogP contribution in [0.4, 0.5) is 0 Å². The van der Waals surface area contributed by atoms with Crippen LogP contribution in [-0.4, -0.2) is 53.6 Å². The summed E-state index contributed by atoms with van der Waals surface area (Å²) in [6.45, 7) is 0. The smallest absolute Gasteiger partial charge is 0.238 e. The van der Waals surface area contributed by atoms with Crippen molar-refractivity contribution in [3.63, 3.8) is 0 Å². The molecule has 502 valence electrons. The lowest BCUT2D eigenvalue weighted by Gasteiger charge is -2.14. The molecule has 23 rings (SSSR count). The van der Waals surface area contributed by atoms with E-state index in [9.17, 15) is 0 Å². The molecule has 0 aliphatic carbocycles. The summed E-state index contributed by atoms with van der Waals surface area (Å²) < 4.78 is 19.0. The van der Waals surface area contributed by atoms with Crippen LogP contribution in [0.3, 0.4) is 0 Å². The Balaban J connectivity index is 0.775. The molecule has 0 aliphatic heterocycles. The Morgan fingerprint density at radius 2 is 0.667 bits per heavy atom.